The molecule has 2 aromatic carbocycles. The lowest BCUT2D eigenvalue weighted by Crippen LogP contribution is -2.30. The molecule has 1 N–H and O–H groups in total. The van der Waals surface area contributed by atoms with Gasteiger partial charge in [0.05, 0.1) is 7.11 Å². The largest absolute Gasteiger partial charge is 0.504 e. The number of phenolic OH excluding ortho intramolecular Hbond substituents is 1. The SMILES string of the molecule is COc1cc(/C=C/c2ccc(OC(=O)N3CCCC3)cc2)cc(C)c1O. The molecule has 1 aliphatic rings. The Bertz CT molecular complexity index is 806. The number of carbonyl (C=O) groups excluding carboxylic acids is 1. The van der Waals surface area contributed by atoms with E-state index in [0.29, 0.717) is 11.5 Å². The molecule has 0 atom stereocenters. The summed E-state index contributed by atoms with van der Waals surface area (Å²) in [6.07, 6.45) is 5.70. The van der Waals surface area contributed by atoms with Gasteiger partial charge >= 0.3 is 6.09 Å². The molecule has 0 bridgehead atoms. The van der Waals surface area contributed by atoms with Crippen molar-refractivity contribution < 1.29 is 19.4 Å². The first-order valence-electron chi connectivity index (χ1n) is 8.69. The van der Waals surface area contributed by atoms with Crippen molar-refractivity contribution in [1.82, 2.24) is 4.90 Å². The molecule has 5 heteroatoms. The quantitative estimate of drug-likeness (QED) is 0.824. The van der Waals surface area contributed by atoms with Crippen LogP contribution < -0.4 is 9.47 Å². The molecule has 3 rings (SSSR count). The van der Waals surface area contributed by atoms with Crippen LogP contribution in [0.15, 0.2) is 36.4 Å². The van der Waals surface area contributed by atoms with Crippen LogP contribution in [0.25, 0.3) is 12.2 Å². The predicted molar refractivity (Wildman–Crippen MR) is 102 cm³/mol. The number of nitrogens with zero attached hydrogens (tertiary/aromatic N) is 1. The Balaban J connectivity index is 1.66. The third-order valence-corrected chi connectivity index (χ3v) is 4.43. The standard InChI is InChI=1S/C21H23NO4/c1-15-13-17(14-19(25-2)20(15)23)6-5-16-7-9-18(10-8-16)26-21(24)22-11-3-4-12-22/h5-10,13-14,23H,3-4,11-12H2,1-2H3/b6-5+. The van der Waals surface area contributed by atoms with Crippen LogP contribution in [0.4, 0.5) is 4.79 Å². The molecule has 0 unspecified atom stereocenters. The second kappa shape index (κ2) is 7.95. The van der Waals surface area contributed by atoms with Crippen LogP contribution in [0.5, 0.6) is 17.2 Å². The van der Waals surface area contributed by atoms with Crippen molar-refractivity contribution in [3.63, 3.8) is 0 Å². The number of benzene rings is 2. The fourth-order valence-electron chi connectivity index (χ4n) is 2.93. The minimum absolute atomic E-state index is 0.161. The maximum atomic E-state index is 12.0. The second-order valence-corrected chi connectivity index (χ2v) is 6.35. The van der Waals surface area contributed by atoms with E-state index in [9.17, 15) is 9.90 Å². The molecular weight excluding hydrogens is 330 g/mol. The van der Waals surface area contributed by atoms with Crippen molar-refractivity contribution in [1.29, 1.82) is 0 Å². The van der Waals surface area contributed by atoms with Gasteiger partial charge < -0.3 is 19.5 Å². The number of aromatic hydroxyl groups is 1. The molecule has 0 aliphatic carbocycles. The molecule has 1 amide bonds. The van der Waals surface area contributed by atoms with E-state index < -0.39 is 0 Å². The normalized spacial score (nSPS) is 14.0. The maximum absolute atomic E-state index is 12.0. The maximum Gasteiger partial charge on any atom is 0.415 e. The fraction of sp³-hybridized carbons (Fsp3) is 0.286. The number of ether oxygens (including phenoxy) is 2. The predicted octanol–water partition coefficient (Wildman–Crippen LogP) is 4.47. The number of hydrogen-bond donors (Lipinski definition) is 1. The van der Waals surface area contributed by atoms with Gasteiger partial charge in [0.2, 0.25) is 0 Å². The zero-order chi connectivity index (χ0) is 18.5. The first-order valence-corrected chi connectivity index (χ1v) is 8.69. The van der Waals surface area contributed by atoms with E-state index in [4.69, 9.17) is 9.47 Å². The molecule has 2 aromatic rings. The van der Waals surface area contributed by atoms with E-state index in [2.05, 4.69) is 0 Å². The lowest BCUT2D eigenvalue weighted by Gasteiger charge is -2.14. The summed E-state index contributed by atoms with van der Waals surface area (Å²) >= 11 is 0. The Kier molecular flexibility index (Phi) is 5.46. The van der Waals surface area contributed by atoms with Crippen LogP contribution in [-0.2, 0) is 0 Å². The number of likely N-dealkylation sites (tertiary alicyclic amines) is 1. The van der Waals surface area contributed by atoms with Crippen molar-refractivity contribution in [3.05, 3.63) is 53.1 Å². The van der Waals surface area contributed by atoms with Crippen molar-refractivity contribution in [2.45, 2.75) is 19.8 Å². The monoisotopic (exact) mass is 353 g/mol. The van der Waals surface area contributed by atoms with Gasteiger partial charge in [0.1, 0.15) is 5.75 Å². The van der Waals surface area contributed by atoms with Gasteiger partial charge in [0, 0.05) is 13.1 Å². The van der Waals surface area contributed by atoms with Gasteiger partial charge in [-0.3, -0.25) is 0 Å². The van der Waals surface area contributed by atoms with Gasteiger partial charge in [-0.25, -0.2) is 4.79 Å². The Hall–Kier alpha value is -2.95. The van der Waals surface area contributed by atoms with Gasteiger partial charge in [0.25, 0.3) is 0 Å². The summed E-state index contributed by atoms with van der Waals surface area (Å²) in [5.74, 6) is 1.16. The van der Waals surface area contributed by atoms with Crippen LogP contribution in [0.2, 0.25) is 0 Å². The van der Waals surface area contributed by atoms with Gasteiger partial charge in [-0.1, -0.05) is 24.3 Å². The first kappa shape index (κ1) is 17.9. The highest BCUT2D eigenvalue weighted by Crippen LogP contribution is 2.31. The van der Waals surface area contributed by atoms with Gasteiger partial charge in [-0.05, 0) is 60.7 Å². The zero-order valence-corrected chi connectivity index (χ0v) is 15.1. The van der Waals surface area contributed by atoms with Crippen LogP contribution in [0.1, 0.15) is 29.5 Å². The molecule has 1 heterocycles. The zero-order valence-electron chi connectivity index (χ0n) is 15.1. The third-order valence-electron chi connectivity index (χ3n) is 4.43. The van der Waals surface area contributed by atoms with Crippen LogP contribution in [0.3, 0.4) is 0 Å². The average Bonchev–Trinajstić information content (AvgIpc) is 3.18. The topological polar surface area (TPSA) is 59.0 Å². The van der Waals surface area contributed by atoms with E-state index in [1.807, 2.05) is 37.3 Å². The fourth-order valence-corrected chi connectivity index (χ4v) is 2.93. The summed E-state index contributed by atoms with van der Waals surface area (Å²) in [5.41, 5.74) is 2.67. The van der Waals surface area contributed by atoms with Crippen molar-refractivity contribution >= 4 is 18.2 Å². The molecule has 1 aliphatic heterocycles. The molecule has 0 aromatic heterocycles. The highest BCUT2D eigenvalue weighted by molar-refractivity contribution is 5.73. The lowest BCUT2D eigenvalue weighted by molar-refractivity contribution is 0.163. The van der Waals surface area contributed by atoms with E-state index >= 15 is 0 Å². The van der Waals surface area contributed by atoms with E-state index in [1.54, 1.807) is 23.1 Å². The van der Waals surface area contributed by atoms with Crippen LogP contribution in [-0.4, -0.2) is 36.3 Å². The number of rotatable bonds is 4. The minimum Gasteiger partial charge on any atom is -0.504 e. The molecule has 26 heavy (non-hydrogen) atoms. The summed E-state index contributed by atoms with van der Waals surface area (Å²) in [6.45, 7) is 3.38. The molecule has 0 radical (unpaired) electrons. The Morgan fingerprint density at radius 1 is 1.08 bits per heavy atom. The van der Waals surface area contributed by atoms with Gasteiger partial charge in [-0.15, -0.1) is 0 Å². The number of carbonyl (C=O) groups is 1. The van der Waals surface area contributed by atoms with Gasteiger partial charge in [0.15, 0.2) is 11.5 Å². The van der Waals surface area contributed by atoms with Crippen molar-refractivity contribution in [2.75, 3.05) is 20.2 Å². The summed E-state index contributed by atoms with van der Waals surface area (Å²) in [7, 11) is 1.53. The van der Waals surface area contributed by atoms with E-state index in [0.717, 1.165) is 42.6 Å². The van der Waals surface area contributed by atoms with Crippen molar-refractivity contribution in [2.24, 2.45) is 0 Å². The Morgan fingerprint density at radius 2 is 1.73 bits per heavy atom. The molecule has 0 saturated carbocycles. The molecule has 0 spiro atoms. The number of methoxy groups -OCH3 is 1. The van der Waals surface area contributed by atoms with Crippen LogP contribution in [0, 0.1) is 6.92 Å². The van der Waals surface area contributed by atoms with Crippen molar-refractivity contribution in [3.8, 4) is 17.2 Å². The smallest absolute Gasteiger partial charge is 0.415 e. The second-order valence-electron chi connectivity index (χ2n) is 6.35. The number of phenols is 1. The number of aryl methyl sites for hydroxylation is 1. The van der Waals surface area contributed by atoms with E-state index in [-0.39, 0.29) is 11.8 Å². The Labute approximate surface area is 153 Å². The molecule has 1 saturated heterocycles. The minimum atomic E-state index is -0.280. The molecule has 136 valence electrons. The first-order chi connectivity index (χ1) is 12.6. The molecule has 5 nitrogen and oxygen atoms in total. The van der Waals surface area contributed by atoms with Crippen LogP contribution >= 0.6 is 0 Å². The third kappa shape index (κ3) is 4.17. The average molecular weight is 353 g/mol. The van der Waals surface area contributed by atoms with Gasteiger partial charge in [-0.2, -0.15) is 0 Å². The van der Waals surface area contributed by atoms with E-state index in [1.165, 1.54) is 7.11 Å². The molecular formula is C21H23NO4. The number of hydrogen-bond acceptors (Lipinski definition) is 4. The summed E-state index contributed by atoms with van der Waals surface area (Å²) in [4.78, 5) is 13.7. The highest BCUT2D eigenvalue weighted by atomic mass is 16.6. The lowest BCUT2D eigenvalue weighted by atomic mass is 10.1. The Morgan fingerprint density at radius 3 is 2.38 bits per heavy atom. The summed E-state index contributed by atoms with van der Waals surface area (Å²) in [6, 6.07) is 11.0. The number of amides is 1. The highest BCUT2D eigenvalue weighted by Gasteiger charge is 2.19. The molecule has 1 fully saturated rings. The summed E-state index contributed by atoms with van der Waals surface area (Å²) in [5, 5.41) is 9.89. The summed E-state index contributed by atoms with van der Waals surface area (Å²) < 4.78 is 10.6.